The number of hydrogen-bond acceptors (Lipinski definition) is 3. The van der Waals surface area contributed by atoms with E-state index in [9.17, 15) is 8.42 Å². The van der Waals surface area contributed by atoms with Crippen LogP contribution in [0.5, 0.6) is 0 Å². The number of aryl methyl sites for hydroxylation is 2. The van der Waals surface area contributed by atoms with Crippen LogP contribution < -0.4 is 0 Å². The zero-order chi connectivity index (χ0) is 17.1. The van der Waals surface area contributed by atoms with Gasteiger partial charge >= 0.3 is 0 Å². The Labute approximate surface area is 145 Å². The molecule has 0 aromatic heterocycles. The standard InChI is InChI=1S/C19H28N2O2S/c1-13-9-15-6-8-20-12-16-5-4-7-21(24(3,22)23)18(16)11-19(20)17(15)10-14(13)2/h9-10,16,18-19H,4-8,11-12H2,1-3H3. The summed E-state index contributed by atoms with van der Waals surface area (Å²) in [5.41, 5.74) is 5.63. The van der Waals surface area contributed by atoms with Crippen molar-refractivity contribution in [2.75, 3.05) is 25.9 Å². The average molecular weight is 349 g/mol. The highest BCUT2D eigenvalue weighted by Gasteiger charge is 2.44. The van der Waals surface area contributed by atoms with E-state index in [1.165, 1.54) is 34.9 Å². The van der Waals surface area contributed by atoms with E-state index in [2.05, 4.69) is 30.9 Å². The summed E-state index contributed by atoms with van der Waals surface area (Å²) in [5, 5.41) is 0. The molecule has 3 heterocycles. The predicted octanol–water partition coefficient (Wildman–Crippen LogP) is 2.65. The number of fused-ring (bicyclic) bond motifs is 4. The van der Waals surface area contributed by atoms with E-state index in [1.807, 2.05) is 0 Å². The van der Waals surface area contributed by atoms with Crippen molar-refractivity contribution in [2.45, 2.75) is 51.6 Å². The normalized spacial score (nSPS) is 31.2. The minimum Gasteiger partial charge on any atom is -0.296 e. The second-order valence-corrected chi connectivity index (χ2v) is 9.91. The highest BCUT2D eigenvalue weighted by molar-refractivity contribution is 7.88. The molecule has 0 spiro atoms. The monoisotopic (exact) mass is 348 g/mol. The van der Waals surface area contributed by atoms with Gasteiger partial charge in [0, 0.05) is 31.7 Å². The molecule has 2 saturated heterocycles. The Morgan fingerprint density at radius 2 is 1.88 bits per heavy atom. The number of hydrogen-bond donors (Lipinski definition) is 0. The third-order valence-corrected chi connectivity index (χ3v) is 7.76. The summed E-state index contributed by atoms with van der Waals surface area (Å²) in [6, 6.07) is 5.28. The second kappa shape index (κ2) is 5.82. The quantitative estimate of drug-likeness (QED) is 0.783. The SMILES string of the molecule is Cc1cc2c(cc1C)C1CC3C(CCCN3S(C)(=O)=O)CN1CC2. The van der Waals surface area contributed by atoms with E-state index in [1.54, 1.807) is 4.31 Å². The second-order valence-electron chi connectivity index (χ2n) is 7.98. The Morgan fingerprint density at radius 3 is 2.62 bits per heavy atom. The summed E-state index contributed by atoms with van der Waals surface area (Å²) >= 11 is 0. The van der Waals surface area contributed by atoms with Gasteiger partial charge in [0.25, 0.3) is 0 Å². The highest BCUT2D eigenvalue weighted by Crippen LogP contribution is 2.43. The van der Waals surface area contributed by atoms with Crippen molar-refractivity contribution in [3.63, 3.8) is 0 Å². The third-order valence-electron chi connectivity index (χ3n) is 6.45. The summed E-state index contributed by atoms with van der Waals surface area (Å²) in [6.45, 7) is 7.23. The summed E-state index contributed by atoms with van der Waals surface area (Å²) in [6.07, 6.45) is 5.62. The number of nitrogens with zero attached hydrogens (tertiary/aromatic N) is 2. The van der Waals surface area contributed by atoms with E-state index in [-0.39, 0.29) is 6.04 Å². The molecule has 132 valence electrons. The van der Waals surface area contributed by atoms with Gasteiger partial charge in [0.2, 0.25) is 10.0 Å². The lowest BCUT2D eigenvalue weighted by atomic mass is 9.77. The van der Waals surface area contributed by atoms with Crippen LogP contribution in [-0.2, 0) is 16.4 Å². The molecule has 0 radical (unpaired) electrons. The Balaban J connectivity index is 1.70. The maximum atomic E-state index is 12.3. The van der Waals surface area contributed by atoms with Gasteiger partial charge in [-0.2, -0.15) is 4.31 Å². The van der Waals surface area contributed by atoms with Crippen LogP contribution in [0.1, 0.15) is 47.6 Å². The molecule has 2 fully saturated rings. The Morgan fingerprint density at radius 1 is 1.12 bits per heavy atom. The van der Waals surface area contributed by atoms with Gasteiger partial charge in [-0.05, 0) is 67.7 Å². The molecule has 1 aromatic carbocycles. The van der Waals surface area contributed by atoms with Crippen molar-refractivity contribution < 1.29 is 8.42 Å². The third kappa shape index (κ3) is 2.71. The molecule has 1 aromatic rings. The molecule has 24 heavy (non-hydrogen) atoms. The Kier molecular flexibility index (Phi) is 4.01. The summed E-state index contributed by atoms with van der Waals surface area (Å²) in [7, 11) is -3.11. The Hall–Kier alpha value is -0.910. The van der Waals surface area contributed by atoms with Crippen molar-refractivity contribution in [1.82, 2.24) is 9.21 Å². The fraction of sp³-hybridized carbons (Fsp3) is 0.684. The van der Waals surface area contributed by atoms with Crippen LogP contribution in [0.2, 0.25) is 0 Å². The smallest absolute Gasteiger partial charge is 0.211 e. The minimum absolute atomic E-state index is 0.183. The van der Waals surface area contributed by atoms with Crippen LogP contribution in [-0.4, -0.2) is 49.6 Å². The molecule has 3 aliphatic rings. The van der Waals surface area contributed by atoms with Gasteiger partial charge in [-0.15, -0.1) is 0 Å². The van der Waals surface area contributed by atoms with Gasteiger partial charge in [-0.1, -0.05) is 12.1 Å². The van der Waals surface area contributed by atoms with Crippen molar-refractivity contribution >= 4 is 10.0 Å². The van der Waals surface area contributed by atoms with Crippen LogP contribution in [0, 0.1) is 19.8 Å². The first kappa shape index (κ1) is 16.6. The maximum absolute atomic E-state index is 12.3. The zero-order valence-electron chi connectivity index (χ0n) is 15.0. The molecule has 4 nitrogen and oxygen atoms in total. The summed E-state index contributed by atoms with van der Waals surface area (Å²) < 4.78 is 26.3. The van der Waals surface area contributed by atoms with Crippen LogP contribution >= 0.6 is 0 Å². The molecule has 3 atom stereocenters. The molecule has 4 rings (SSSR count). The average Bonchev–Trinajstić information content (AvgIpc) is 2.53. The van der Waals surface area contributed by atoms with E-state index in [0.29, 0.717) is 18.5 Å². The molecule has 3 unspecified atom stereocenters. The highest BCUT2D eigenvalue weighted by atomic mass is 32.2. The van der Waals surface area contributed by atoms with Gasteiger partial charge in [0.15, 0.2) is 0 Å². The predicted molar refractivity (Wildman–Crippen MR) is 96.6 cm³/mol. The van der Waals surface area contributed by atoms with Crippen LogP contribution in [0.25, 0.3) is 0 Å². The zero-order valence-corrected chi connectivity index (χ0v) is 15.8. The molecular weight excluding hydrogens is 320 g/mol. The van der Waals surface area contributed by atoms with Crippen LogP contribution in [0.3, 0.4) is 0 Å². The van der Waals surface area contributed by atoms with E-state index in [4.69, 9.17) is 0 Å². The summed E-state index contributed by atoms with van der Waals surface area (Å²) in [5.74, 6) is 0.498. The molecule has 0 bridgehead atoms. The number of piperidine rings is 2. The van der Waals surface area contributed by atoms with Crippen molar-refractivity contribution in [1.29, 1.82) is 0 Å². The van der Waals surface area contributed by atoms with Crippen LogP contribution in [0.4, 0.5) is 0 Å². The van der Waals surface area contributed by atoms with E-state index in [0.717, 1.165) is 32.4 Å². The van der Waals surface area contributed by atoms with Gasteiger partial charge in [0.1, 0.15) is 0 Å². The van der Waals surface area contributed by atoms with Gasteiger partial charge in [-0.3, -0.25) is 4.90 Å². The molecule has 0 saturated carbocycles. The first-order valence-electron chi connectivity index (χ1n) is 9.15. The lowest BCUT2D eigenvalue weighted by Gasteiger charge is -2.51. The molecule has 0 aliphatic carbocycles. The maximum Gasteiger partial charge on any atom is 0.211 e. The van der Waals surface area contributed by atoms with Gasteiger partial charge < -0.3 is 0 Å². The number of rotatable bonds is 1. The molecule has 0 amide bonds. The number of sulfonamides is 1. The van der Waals surface area contributed by atoms with Crippen molar-refractivity contribution in [2.24, 2.45) is 5.92 Å². The van der Waals surface area contributed by atoms with E-state index < -0.39 is 10.0 Å². The largest absolute Gasteiger partial charge is 0.296 e. The fourth-order valence-corrected chi connectivity index (χ4v) is 6.31. The first-order chi connectivity index (χ1) is 11.3. The van der Waals surface area contributed by atoms with Crippen molar-refractivity contribution in [3.05, 3.63) is 34.4 Å². The number of benzene rings is 1. The van der Waals surface area contributed by atoms with Crippen LogP contribution in [0.15, 0.2) is 12.1 Å². The van der Waals surface area contributed by atoms with Gasteiger partial charge in [0.05, 0.1) is 6.26 Å². The minimum atomic E-state index is -3.11. The molecule has 5 heteroatoms. The van der Waals surface area contributed by atoms with Crippen molar-refractivity contribution in [3.8, 4) is 0 Å². The topological polar surface area (TPSA) is 40.6 Å². The Bertz CT molecular complexity index is 759. The molecule has 0 N–H and O–H groups in total. The lowest BCUT2D eigenvalue weighted by molar-refractivity contribution is 0.0222. The summed E-state index contributed by atoms with van der Waals surface area (Å²) in [4.78, 5) is 2.62. The molecular formula is C19H28N2O2S. The van der Waals surface area contributed by atoms with Gasteiger partial charge in [-0.25, -0.2) is 8.42 Å². The molecule has 3 aliphatic heterocycles. The van der Waals surface area contributed by atoms with E-state index >= 15 is 0 Å². The lowest BCUT2D eigenvalue weighted by Crippen LogP contribution is -2.57. The first-order valence-corrected chi connectivity index (χ1v) is 11.0. The fourth-order valence-electron chi connectivity index (χ4n) is 5.10.